The molecule has 1 aliphatic rings. The lowest BCUT2D eigenvalue weighted by Crippen LogP contribution is -2.51. The number of nitrogens with zero attached hydrogens (tertiary/aromatic N) is 1. The Labute approximate surface area is 149 Å². The van der Waals surface area contributed by atoms with Crippen molar-refractivity contribution in [1.29, 1.82) is 0 Å². The molecule has 1 aromatic heterocycles. The lowest BCUT2D eigenvalue weighted by molar-refractivity contribution is -0.121. The highest BCUT2D eigenvalue weighted by atomic mass is 35.5. The van der Waals surface area contributed by atoms with Gasteiger partial charge in [-0.2, -0.15) is 0 Å². The number of pyridine rings is 1. The average Bonchev–Trinajstić information content (AvgIpc) is 2.60. The van der Waals surface area contributed by atoms with Crippen LogP contribution in [-0.4, -0.2) is 35.6 Å². The van der Waals surface area contributed by atoms with E-state index in [4.69, 9.17) is 16.3 Å². The molecule has 24 heavy (non-hydrogen) atoms. The summed E-state index contributed by atoms with van der Waals surface area (Å²) in [6.07, 6.45) is 8.37. The summed E-state index contributed by atoms with van der Waals surface area (Å²) in [5.41, 5.74) is -0.315. The molecule has 0 aliphatic heterocycles. The van der Waals surface area contributed by atoms with E-state index in [1.165, 1.54) is 19.3 Å². The molecule has 1 atom stereocenters. The Hall–Kier alpha value is -1.33. The fourth-order valence-corrected chi connectivity index (χ4v) is 2.98. The summed E-state index contributed by atoms with van der Waals surface area (Å²) < 4.78 is 5.74. The van der Waals surface area contributed by atoms with Crippen molar-refractivity contribution < 1.29 is 9.53 Å². The summed E-state index contributed by atoms with van der Waals surface area (Å²) in [6.45, 7) is 4.80. The third-order valence-corrected chi connectivity index (χ3v) is 4.97. The summed E-state index contributed by atoms with van der Waals surface area (Å²) in [4.78, 5) is 16.3. The van der Waals surface area contributed by atoms with Gasteiger partial charge in [-0.25, -0.2) is 4.98 Å². The largest absolute Gasteiger partial charge is 0.475 e. The Bertz CT molecular complexity index is 535. The Morgan fingerprint density at radius 2 is 2.17 bits per heavy atom. The first-order chi connectivity index (χ1) is 11.5. The number of rotatable bonds is 8. The molecule has 1 aliphatic carbocycles. The lowest BCUT2D eigenvalue weighted by atomic mass is 9.95. The summed E-state index contributed by atoms with van der Waals surface area (Å²) in [6, 6.07) is 3.85. The maximum absolute atomic E-state index is 12.2. The maximum Gasteiger partial charge on any atom is 0.234 e. The van der Waals surface area contributed by atoms with Gasteiger partial charge in [-0.05, 0) is 38.3 Å². The summed E-state index contributed by atoms with van der Waals surface area (Å²) in [5.74, 6) is 0.477. The topological polar surface area (TPSA) is 63.2 Å². The van der Waals surface area contributed by atoms with E-state index in [9.17, 15) is 4.79 Å². The molecule has 0 unspecified atom stereocenters. The van der Waals surface area contributed by atoms with Crippen LogP contribution in [0.1, 0.15) is 52.4 Å². The van der Waals surface area contributed by atoms with Crippen molar-refractivity contribution in [2.75, 3.05) is 13.2 Å². The van der Waals surface area contributed by atoms with Gasteiger partial charge in [0.1, 0.15) is 11.6 Å². The normalized spacial score (nSPS) is 18.0. The van der Waals surface area contributed by atoms with E-state index in [0.29, 0.717) is 30.1 Å². The summed E-state index contributed by atoms with van der Waals surface area (Å²) in [7, 11) is 0. The van der Waals surface area contributed by atoms with Gasteiger partial charge in [-0.1, -0.05) is 37.8 Å². The number of carbonyl (C=O) groups is 1. The van der Waals surface area contributed by atoms with Gasteiger partial charge in [0.2, 0.25) is 11.8 Å². The first kappa shape index (κ1) is 19.0. The summed E-state index contributed by atoms with van der Waals surface area (Å²) >= 11 is 6.06. The van der Waals surface area contributed by atoms with Crippen LogP contribution < -0.4 is 15.4 Å². The summed E-state index contributed by atoms with van der Waals surface area (Å²) in [5, 5.41) is 6.93. The number of carbonyl (C=O) groups excluding carboxylic acids is 1. The Morgan fingerprint density at radius 1 is 1.42 bits per heavy atom. The quantitative estimate of drug-likeness (QED) is 0.752. The zero-order valence-electron chi connectivity index (χ0n) is 14.6. The molecule has 1 saturated carbocycles. The van der Waals surface area contributed by atoms with Gasteiger partial charge in [-0.15, -0.1) is 0 Å². The smallest absolute Gasteiger partial charge is 0.234 e. The SMILES string of the molecule is CC[C@@](C)(COc1ncccc1Cl)NCC(=O)NC1CCCCC1. The molecule has 6 heteroatoms. The molecule has 1 fully saturated rings. The maximum atomic E-state index is 12.2. The van der Waals surface area contributed by atoms with Gasteiger partial charge in [0.25, 0.3) is 0 Å². The standard InChI is InChI=1S/C18H28ClN3O2/c1-3-18(2,13-24-17-15(19)10-7-11-20-17)21-12-16(23)22-14-8-5-4-6-9-14/h7,10-11,14,21H,3-6,8-9,12-13H2,1-2H3,(H,22,23)/t18-/m0/s1. The number of hydrogen-bond donors (Lipinski definition) is 2. The number of nitrogens with one attached hydrogen (secondary N) is 2. The number of ether oxygens (including phenoxy) is 1. The molecule has 0 aromatic carbocycles. The lowest BCUT2D eigenvalue weighted by Gasteiger charge is -2.30. The van der Waals surface area contributed by atoms with Gasteiger partial charge in [-0.3, -0.25) is 10.1 Å². The molecular weight excluding hydrogens is 326 g/mol. The zero-order chi connectivity index (χ0) is 17.4. The fourth-order valence-electron chi connectivity index (χ4n) is 2.80. The minimum atomic E-state index is -0.315. The molecule has 134 valence electrons. The first-order valence-corrected chi connectivity index (χ1v) is 9.18. The molecule has 2 N–H and O–H groups in total. The third-order valence-electron chi connectivity index (χ3n) is 4.68. The second-order valence-electron chi connectivity index (χ2n) is 6.75. The highest BCUT2D eigenvalue weighted by Gasteiger charge is 2.25. The van der Waals surface area contributed by atoms with E-state index >= 15 is 0 Å². The van der Waals surface area contributed by atoms with Crippen molar-refractivity contribution in [2.24, 2.45) is 0 Å². The van der Waals surface area contributed by atoms with Gasteiger partial charge < -0.3 is 10.1 Å². The van der Waals surface area contributed by atoms with E-state index in [1.54, 1.807) is 18.3 Å². The molecule has 1 aromatic rings. The fraction of sp³-hybridized carbons (Fsp3) is 0.667. The van der Waals surface area contributed by atoms with Crippen LogP contribution >= 0.6 is 11.6 Å². The molecule has 0 spiro atoms. The molecule has 0 radical (unpaired) electrons. The van der Waals surface area contributed by atoms with Crippen molar-refractivity contribution in [3.63, 3.8) is 0 Å². The Morgan fingerprint density at radius 3 is 2.83 bits per heavy atom. The minimum Gasteiger partial charge on any atom is -0.475 e. The van der Waals surface area contributed by atoms with Crippen LogP contribution in [0, 0.1) is 0 Å². The van der Waals surface area contributed by atoms with E-state index in [1.807, 2.05) is 6.92 Å². The molecule has 1 amide bonds. The van der Waals surface area contributed by atoms with Crippen molar-refractivity contribution in [3.8, 4) is 5.88 Å². The molecule has 5 nitrogen and oxygen atoms in total. The minimum absolute atomic E-state index is 0.0532. The zero-order valence-corrected chi connectivity index (χ0v) is 15.4. The first-order valence-electron chi connectivity index (χ1n) is 8.80. The van der Waals surface area contributed by atoms with Crippen molar-refractivity contribution >= 4 is 17.5 Å². The predicted molar refractivity (Wildman–Crippen MR) is 96.5 cm³/mol. The predicted octanol–water partition coefficient (Wildman–Crippen LogP) is 3.32. The molecule has 2 rings (SSSR count). The second-order valence-corrected chi connectivity index (χ2v) is 7.16. The van der Waals surface area contributed by atoms with Crippen molar-refractivity contribution in [3.05, 3.63) is 23.4 Å². The van der Waals surface area contributed by atoms with Gasteiger partial charge in [0.05, 0.1) is 6.54 Å². The van der Waals surface area contributed by atoms with Crippen LogP contribution in [0.5, 0.6) is 5.88 Å². The van der Waals surface area contributed by atoms with E-state index in [2.05, 4.69) is 22.5 Å². The monoisotopic (exact) mass is 353 g/mol. The third kappa shape index (κ3) is 5.95. The van der Waals surface area contributed by atoms with Crippen molar-refractivity contribution in [2.45, 2.75) is 64.0 Å². The average molecular weight is 354 g/mol. The van der Waals surface area contributed by atoms with E-state index in [-0.39, 0.29) is 11.4 Å². The molecule has 1 heterocycles. The van der Waals surface area contributed by atoms with Crippen LogP contribution in [-0.2, 0) is 4.79 Å². The van der Waals surface area contributed by atoms with Crippen LogP contribution in [0.3, 0.4) is 0 Å². The van der Waals surface area contributed by atoms with E-state index in [0.717, 1.165) is 19.3 Å². The number of aromatic nitrogens is 1. The van der Waals surface area contributed by atoms with Gasteiger partial charge in [0, 0.05) is 17.8 Å². The van der Waals surface area contributed by atoms with E-state index < -0.39 is 0 Å². The Balaban J connectivity index is 1.78. The number of halogens is 1. The number of hydrogen-bond acceptors (Lipinski definition) is 4. The van der Waals surface area contributed by atoms with Crippen LogP contribution in [0.15, 0.2) is 18.3 Å². The van der Waals surface area contributed by atoms with Crippen molar-refractivity contribution in [1.82, 2.24) is 15.6 Å². The van der Waals surface area contributed by atoms with Gasteiger partial charge in [0.15, 0.2) is 0 Å². The van der Waals surface area contributed by atoms with Gasteiger partial charge >= 0.3 is 0 Å². The molecule has 0 bridgehead atoms. The highest BCUT2D eigenvalue weighted by Crippen LogP contribution is 2.22. The van der Waals surface area contributed by atoms with Crippen LogP contribution in [0.4, 0.5) is 0 Å². The Kier molecular flexibility index (Phi) is 7.31. The van der Waals surface area contributed by atoms with Crippen LogP contribution in [0.2, 0.25) is 5.02 Å². The number of amides is 1. The molecular formula is C18H28ClN3O2. The highest BCUT2D eigenvalue weighted by molar-refractivity contribution is 6.31. The molecule has 0 saturated heterocycles. The second kappa shape index (κ2) is 9.23. The van der Waals surface area contributed by atoms with Crippen LogP contribution in [0.25, 0.3) is 0 Å².